The van der Waals surface area contributed by atoms with Gasteiger partial charge in [-0.25, -0.2) is 4.79 Å². The van der Waals surface area contributed by atoms with Crippen molar-refractivity contribution >= 4 is 23.8 Å². The molecule has 1 aromatic rings. The maximum absolute atomic E-state index is 12.4. The molecule has 0 radical (unpaired) electrons. The van der Waals surface area contributed by atoms with Crippen molar-refractivity contribution in [1.29, 1.82) is 0 Å². The first-order valence-electron chi connectivity index (χ1n) is 9.64. The second-order valence-electron chi connectivity index (χ2n) is 7.99. The molecule has 0 bridgehead atoms. The van der Waals surface area contributed by atoms with Crippen LogP contribution in [0, 0.1) is 0 Å². The van der Waals surface area contributed by atoms with E-state index in [-0.39, 0.29) is 23.4 Å². The van der Waals surface area contributed by atoms with Crippen molar-refractivity contribution in [1.82, 2.24) is 10.2 Å². The van der Waals surface area contributed by atoms with Gasteiger partial charge in [0.05, 0.1) is 5.37 Å². The molecule has 1 N–H and O–H groups in total. The smallest absolute Gasteiger partial charge is 0.410 e. The van der Waals surface area contributed by atoms with Crippen molar-refractivity contribution in [2.24, 2.45) is 0 Å². The third-order valence-electron chi connectivity index (χ3n) is 4.58. The Hall–Kier alpha value is -1.69. The standard InChI is InChI=1S/C21H32N2O3S/c1-21(2,3)26-20(25)23-14-8-11-17(23)12-13-18(24)22-19(27-4)15-16-9-6-5-7-10-16/h5-7,9-10,17,19H,8,11-15H2,1-4H3,(H,22,24). The molecule has 0 aliphatic carbocycles. The largest absolute Gasteiger partial charge is 0.444 e. The Labute approximate surface area is 167 Å². The molecule has 150 valence electrons. The van der Waals surface area contributed by atoms with Crippen LogP contribution in [0.3, 0.4) is 0 Å². The van der Waals surface area contributed by atoms with Crippen molar-refractivity contribution < 1.29 is 14.3 Å². The predicted molar refractivity (Wildman–Crippen MR) is 111 cm³/mol. The SMILES string of the molecule is CSC(Cc1ccccc1)NC(=O)CCC1CCCN1C(=O)OC(C)(C)C. The highest BCUT2D eigenvalue weighted by molar-refractivity contribution is 7.99. The van der Waals surface area contributed by atoms with Gasteiger partial charge in [-0.15, -0.1) is 11.8 Å². The molecule has 27 heavy (non-hydrogen) atoms. The molecular formula is C21H32N2O3S. The molecule has 1 aliphatic rings. The van der Waals surface area contributed by atoms with Crippen LogP contribution in [0.1, 0.15) is 52.0 Å². The summed E-state index contributed by atoms with van der Waals surface area (Å²) in [7, 11) is 0. The lowest BCUT2D eigenvalue weighted by atomic mass is 10.1. The van der Waals surface area contributed by atoms with E-state index < -0.39 is 5.60 Å². The first kappa shape index (κ1) is 21.6. The molecular weight excluding hydrogens is 360 g/mol. The highest BCUT2D eigenvalue weighted by Crippen LogP contribution is 2.24. The number of ether oxygens (including phenoxy) is 1. The third kappa shape index (κ3) is 7.45. The van der Waals surface area contributed by atoms with Crippen molar-refractivity contribution in [3.63, 3.8) is 0 Å². The van der Waals surface area contributed by atoms with E-state index in [1.807, 2.05) is 45.2 Å². The van der Waals surface area contributed by atoms with E-state index in [1.165, 1.54) is 5.56 Å². The third-order valence-corrected chi connectivity index (χ3v) is 5.43. The Morgan fingerprint density at radius 1 is 1.30 bits per heavy atom. The van der Waals surface area contributed by atoms with Gasteiger partial charge in [-0.3, -0.25) is 4.79 Å². The number of likely N-dealkylation sites (tertiary alicyclic amines) is 1. The monoisotopic (exact) mass is 392 g/mol. The molecule has 1 heterocycles. The van der Waals surface area contributed by atoms with Gasteiger partial charge in [0, 0.05) is 25.4 Å². The average Bonchev–Trinajstić information content (AvgIpc) is 3.07. The molecule has 1 saturated heterocycles. The van der Waals surface area contributed by atoms with Gasteiger partial charge in [0.2, 0.25) is 5.91 Å². The minimum Gasteiger partial charge on any atom is -0.444 e. The lowest BCUT2D eigenvalue weighted by molar-refractivity contribution is -0.121. The number of benzene rings is 1. The summed E-state index contributed by atoms with van der Waals surface area (Å²) in [6.07, 6.45) is 5.55. The number of nitrogens with one attached hydrogen (secondary N) is 1. The van der Waals surface area contributed by atoms with Crippen LogP contribution < -0.4 is 5.32 Å². The van der Waals surface area contributed by atoms with E-state index >= 15 is 0 Å². The summed E-state index contributed by atoms with van der Waals surface area (Å²) < 4.78 is 5.49. The topological polar surface area (TPSA) is 58.6 Å². The molecule has 0 saturated carbocycles. The van der Waals surface area contributed by atoms with E-state index in [2.05, 4.69) is 17.4 Å². The quantitative estimate of drug-likeness (QED) is 0.706. The van der Waals surface area contributed by atoms with Crippen LogP contribution in [0.15, 0.2) is 30.3 Å². The number of amides is 2. The summed E-state index contributed by atoms with van der Waals surface area (Å²) in [6.45, 7) is 6.33. The summed E-state index contributed by atoms with van der Waals surface area (Å²) >= 11 is 1.65. The van der Waals surface area contributed by atoms with E-state index in [0.29, 0.717) is 19.4 Å². The summed E-state index contributed by atoms with van der Waals surface area (Å²) in [6, 6.07) is 10.3. The average molecular weight is 393 g/mol. The summed E-state index contributed by atoms with van der Waals surface area (Å²) in [5, 5.41) is 3.17. The fourth-order valence-electron chi connectivity index (χ4n) is 3.27. The minimum atomic E-state index is -0.495. The fraction of sp³-hybridized carbons (Fsp3) is 0.619. The lowest BCUT2D eigenvalue weighted by Gasteiger charge is -2.28. The van der Waals surface area contributed by atoms with Gasteiger partial charge < -0.3 is 15.0 Å². The molecule has 2 rings (SSSR count). The molecule has 5 nitrogen and oxygen atoms in total. The van der Waals surface area contributed by atoms with Crippen molar-refractivity contribution in [3.8, 4) is 0 Å². The number of hydrogen-bond donors (Lipinski definition) is 1. The van der Waals surface area contributed by atoms with E-state index in [4.69, 9.17) is 4.74 Å². The van der Waals surface area contributed by atoms with Crippen molar-refractivity contribution in [3.05, 3.63) is 35.9 Å². The van der Waals surface area contributed by atoms with Gasteiger partial charge in [0.25, 0.3) is 0 Å². The normalized spacial score (nSPS) is 18.2. The molecule has 0 spiro atoms. The highest BCUT2D eigenvalue weighted by atomic mass is 32.2. The second-order valence-corrected chi connectivity index (χ2v) is 9.03. The summed E-state index contributed by atoms with van der Waals surface area (Å²) in [5.41, 5.74) is 0.717. The van der Waals surface area contributed by atoms with Gasteiger partial charge in [-0.1, -0.05) is 30.3 Å². The minimum absolute atomic E-state index is 0.0429. The number of carbonyl (C=O) groups is 2. The molecule has 2 unspecified atom stereocenters. The first-order chi connectivity index (χ1) is 12.8. The number of thioether (sulfide) groups is 1. The summed E-state index contributed by atoms with van der Waals surface area (Å²) in [4.78, 5) is 26.5. The zero-order chi connectivity index (χ0) is 19.9. The van der Waals surface area contributed by atoms with Gasteiger partial charge in [0.1, 0.15) is 5.60 Å². The first-order valence-corrected chi connectivity index (χ1v) is 10.9. The predicted octanol–water partition coefficient (Wildman–Crippen LogP) is 4.21. The number of rotatable bonds is 7. The molecule has 2 atom stereocenters. The van der Waals surface area contributed by atoms with Crippen LogP contribution in [-0.2, 0) is 16.0 Å². The van der Waals surface area contributed by atoms with Crippen LogP contribution in [0.25, 0.3) is 0 Å². The molecule has 1 aromatic carbocycles. The van der Waals surface area contributed by atoms with Crippen LogP contribution in [0.2, 0.25) is 0 Å². The molecule has 6 heteroatoms. The van der Waals surface area contributed by atoms with Gasteiger partial charge >= 0.3 is 6.09 Å². The number of nitrogens with zero attached hydrogens (tertiary/aromatic N) is 1. The summed E-state index contributed by atoms with van der Waals surface area (Å²) in [5.74, 6) is 0.0429. The molecule has 2 amide bonds. The highest BCUT2D eigenvalue weighted by Gasteiger charge is 2.32. The number of carbonyl (C=O) groups excluding carboxylic acids is 2. The van der Waals surface area contributed by atoms with Gasteiger partial charge in [-0.05, 0) is 51.9 Å². The van der Waals surface area contributed by atoms with E-state index in [0.717, 1.165) is 19.3 Å². The van der Waals surface area contributed by atoms with Crippen LogP contribution in [0.4, 0.5) is 4.79 Å². The Bertz CT molecular complexity index is 616. The molecule has 0 aromatic heterocycles. The van der Waals surface area contributed by atoms with E-state index in [9.17, 15) is 9.59 Å². The number of hydrogen-bond acceptors (Lipinski definition) is 4. The second kappa shape index (κ2) is 10.0. The van der Waals surface area contributed by atoms with Crippen molar-refractivity contribution in [2.75, 3.05) is 12.8 Å². The Morgan fingerprint density at radius 2 is 2.00 bits per heavy atom. The fourth-order valence-corrected chi connectivity index (χ4v) is 3.88. The zero-order valence-corrected chi connectivity index (χ0v) is 17.7. The molecule has 1 aliphatic heterocycles. The van der Waals surface area contributed by atoms with Crippen LogP contribution >= 0.6 is 11.8 Å². The van der Waals surface area contributed by atoms with E-state index in [1.54, 1.807) is 16.7 Å². The molecule has 1 fully saturated rings. The Balaban J connectivity index is 1.80. The van der Waals surface area contributed by atoms with Crippen LogP contribution in [-0.4, -0.2) is 46.7 Å². The Kier molecular flexibility index (Phi) is 8.02. The zero-order valence-electron chi connectivity index (χ0n) is 16.9. The van der Waals surface area contributed by atoms with Gasteiger partial charge in [0.15, 0.2) is 0 Å². The van der Waals surface area contributed by atoms with Gasteiger partial charge in [-0.2, -0.15) is 0 Å². The Morgan fingerprint density at radius 3 is 2.63 bits per heavy atom. The maximum atomic E-state index is 12.4. The van der Waals surface area contributed by atoms with Crippen molar-refractivity contribution in [2.45, 2.75) is 69.9 Å². The lowest BCUT2D eigenvalue weighted by Crippen LogP contribution is -2.40. The van der Waals surface area contributed by atoms with Crippen LogP contribution in [0.5, 0.6) is 0 Å². The maximum Gasteiger partial charge on any atom is 0.410 e.